The van der Waals surface area contributed by atoms with Gasteiger partial charge in [-0.3, -0.25) is 0 Å². The molecule has 0 aromatic heterocycles. The molecule has 0 aliphatic rings. The van der Waals surface area contributed by atoms with Crippen LogP contribution in [0.5, 0.6) is 0 Å². The third-order valence-corrected chi connectivity index (χ3v) is 1.49. The van der Waals surface area contributed by atoms with Gasteiger partial charge in [-0.25, -0.2) is 4.79 Å². The van der Waals surface area contributed by atoms with Crippen LogP contribution >= 0.6 is 24.4 Å². The summed E-state index contributed by atoms with van der Waals surface area (Å²) in [7, 11) is 0. The number of unbranched alkanes of at least 4 members (excludes halogenated alkanes) is 2. The number of aliphatic hydroxyl groups is 1. The lowest BCUT2D eigenvalue weighted by atomic mass is 10.4. The normalized spacial score (nSPS) is 7.95. The fourth-order valence-electron chi connectivity index (χ4n) is 0.411. The molecule has 0 aliphatic carbocycles. The first-order valence-electron chi connectivity index (χ1n) is 5.94. The summed E-state index contributed by atoms with van der Waals surface area (Å²) < 4.78 is 8.81. The molecule has 0 radical (unpaired) electrons. The third kappa shape index (κ3) is 47.4. The van der Waals surface area contributed by atoms with Gasteiger partial charge in [0.05, 0.1) is 6.61 Å². The molecule has 5 N–H and O–H groups in total. The van der Waals surface area contributed by atoms with Gasteiger partial charge in [-0.15, -0.1) is 0 Å². The van der Waals surface area contributed by atoms with Crippen LogP contribution in [-0.2, 0) is 9.47 Å². The Hall–Kier alpha value is -1.15. The molecule has 19 heavy (non-hydrogen) atoms. The van der Waals surface area contributed by atoms with Gasteiger partial charge < -0.3 is 26.0 Å². The van der Waals surface area contributed by atoms with Crippen LogP contribution in [0.1, 0.15) is 46.5 Å². The summed E-state index contributed by atoms with van der Waals surface area (Å²) in [5.74, 6) is 0. The van der Waals surface area contributed by atoms with E-state index >= 15 is 0 Å². The standard InChI is InChI=1S/C6H11NO3S.C4H10.CH3NOS/c1-2-3-4-9-6(8)10-5(7)11;1-3-4-2;2-1(3)4/h2-4H2,1H3,(H2,7,11);3-4H2,1-2H3;(H3,2,3,4). The number of thiocarbonyl (C=S) groups is 2. The Morgan fingerprint density at radius 3 is 1.79 bits per heavy atom. The van der Waals surface area contributed by atoms with Crippen LogP contribution < -0.4 is 11.5 Å². The largest absolute Gasteiger partial charge is 0.515 e. The molecule has 0 atom stereocenters. The number of carbonyl (C=O) groups excluding carboxylic acids is 1. The number of aliphatic hydroxyl groups excluding tert-OH is 1. The highest BCUT2D eigenvalue weighted by atomic mass is 32.1. The van der Waals surface area contributed by atoms with Crippen molar-refractivity contribution in [2.45, 2.75) is 46.5 Å². The van der Waals surface area contributed by atoms with E-state index in [1.807, 2.05) is 6.92 Å². The van der Waals surface area contributed by atoms with Crippen molar-refractivity contribution in [1.82, 2.24) is 0 Å². The van der Waals surface area contributed by atoms with Crippen molar-refractivity contribution in [3.8, 4) is 0 Å². The summed E-state index contributed by atoms with van der Waals surface area (Å²) in [6.07, 6.45) is 3.58. The van der Waals surface area contributed by atoms with E-state index in [0.29, 0.717) is 6.61 Å². The molecule has 0 unspecified atom stereocenters. The summed E-state index contributed by atoms with van der Waals surface area (Å²) in [5, 5.41) is 6.75. The van der Waals surface area contributed by atoms with Crippen LogP contribution in [-0.4, -0.2) is 28.2 Å². The topological polar surface area (TPSA) is 108 Å². The van der Waals surface area contributed by atoms with E-state index in [0.717, 1.165) is 12.8 Å². The Balaban J connectivity index is -0.000000264. The number of hydrogen-bond donors (Lipinski definition) is 3. The Morgan fingerprint density at radius 1 is 1.11 bits per heavy atom. The van der Waals surface area contributed by atoms with Gasteiger partial charge in [-0.2, -0.15) is 0 Å². The van der Waals surface area contributed by atoms with Gasteiger partial charge in [0.25, 0.3) is 10.3 Å². The smallest absolute Gasteiger partial charge is 0.487 e. The van der Waals surface area contributed by atoms with E-state index in [1.165, 1.54) is 12.8 Å². The molecule has 0 heterocycles. The zero-order valence-corrected chi connectivity index (χ0v) is 13.3. The minimum Gasteiger partial charge on any atom is -0.487 e. The van der Waals surface area contributed by atoms with Crippen molar-refractivity contribution in [1.29, 1.82) is 0 Å². The summed E-state index contributed by atoms with van der Waals surface area (Å²) in [6.45, 7) is 6.69. The average molecular weight is 312 g/mol. The van der Waals surface area contributed by atoms with E-state index in [-0.39, 0.29) is 5.17 Å². The second-order valence-electron chi connectivity index (χ2n) is 3.21. The lowest BCUT2D eigenvalue weighted by molar-refractivity contribution is 0.0949. The average Bonchev–Trinajstić information content (AvgIpc) is 2.28. The maximum absolute atomic E-state index is 10.5. The monoisotopic (exact) mass is 312 g/mol. The van der Waals surface area contributed by atoms with Crippen LogP contribution in [0.25, 0.3) is 0 Å². The van der Waals surface area contributed by atoms with Crippen LogP contribution in [0.4, 0.5) is 4.79 Å². The summed E-state index contributed by atoms with van der Waals surface area (Å²) in [5.41, 5.74) is 9.30. The van der Waals surface area contributed by atoms with E-state index < -0.39 is 11.3 Å². The maximum atomic E-state index is 10.5. The molecule has 0 aliphatic heterocycles. The van der Waals surface area contributed by atoms with Gasteiger partial charge in [0.1, 0.15) is 0 Å². The summed E-state index contributed by atoms with van der Waals surface area (Å²) in [4.78, 5) is 10.5. The predicted molar refractivity (Wildman–Crippen MR) is 84.1 cm³/mol. The van der Waals surface area contributed by atoms with E-state index in [1.54, 1.807) is 0 Å². The zero-order valence-electron chi connectivity index (χ0n) is 11.7. The van der Waals surface area contributed by atoms with Crippen LogP contribution in [0.3, 0.4) is 0 Å². The van der Waals surface area contributed by atoms with Crippen LogP contribution in [0.2, 0.25) is 0 Å². The Kier molecular flexibility index (Phi) is 23.2. The minimum absolute atomic E-state index is 0.313. The maximum Gasteiger partial charge on any atom is 0.515 e. The van der Waals surface area contributed by atoms with E-state index in [4.69, 9.17) is 10.8 Å². The lowest BCUT2D eigenvalue weighted by Gasteiger charge is -2.01. The van der Waals surface area contributed by atoms with E-state index in [9.17, 15) is 4.79 Å². The van der Waals surface area contributed by atoms with Gasteiger partial charge in [0.2, 0.25) is 0 Å². The van der Waals surface area contributed by atoms with Crippen molar-refractivity contribution in [2.75, 3.05) is 6.61 Å². The summed E-state index contributed by atoms with van der Waals surface area (Å²) in [6, 6.07) is 0. The first-order valence-corrected chi connectivity index (χ1v) is 6.75. The number of ether oxygens (including phenoxy) is 2. The zero-order chi connectivity index (χ0) is 15.7. The second-order valence-corrected chi connectivity index (χ2v) is 4.03. The van der Waals surface area contributed by atoms with Crippen molar-refractivity contribution in [2.24, 2.45) is 11.5 Å². The predicted octanol–water partition coefficient (Wildman–Crippen LogP) is 2.78. The highest BCUT2D eigenvalue weighted by molar-refractivity contribution is 7.80. The molecule has 0 amide bonds. The van der Waals surface area contributed by atoms with Crippen molar-refractivity contribution in [3.63, 3.8) is 0 Å². The molecular formula is C11H24N2O4S2. The molecule has 8 heteroatoms. The first kappa shape index (κ1) is 23.0. The number of nitrogens with two attached hydrogens (primary N) is 2. The van der Waals surface area contributed by atoms with Crippen molar-refractivity contribution in [3.05, 3.63) is 0 Å². The lowest BCUT2D eigenvalue weighted by Crippen LogP contribution is -2.19. The fraction of sp³-hybridized carbons (Fsp3) is 0.727. The van der Waals surface area contributed by atoms with Crippen molar-refractivity contribution >= 4 is 40.9 Å². The number of carbonyl (C=O) groups is 1. The molecule has 0 aromatic rings. The summed E-state index contributed by atoms with van der Waals surface area (Å²) >= 11 is 8.18. The van der Waals surface area contributed by atoms with Gasteiger partial charge in [-0.05, 0) is 30.9 Å². The Labute approximate surface area is 125 Å². The van der Waals surface area contributed by atoms with Gasteiger partial charge in [-0.1, -0.05) is 40.0 Å². The molecule has 114 valence electrons. The van der Waals surface area contributed by atoms with Gasteiger partial charge in [0, 0.05) is 0 Å². The van der Waals surface area contributed by atoms with Crippen molar-refractivity contribution < 1.29 is 19.4 Å². The molecule has 0 spiro atoms. The highest BCUT2D eigenvalue weighted by Gasteiger charge is 2.03. The van der Waals surface area contributed by atoms with Crippen LogP contribution in [0.15, 0.2) is 0 Å². The van der Waals surface area contributed by atoms with E-state index in [2.05, 4.69) is 53.5 Å². The minimum atomic E-state index is -0.828. The SMILES string of the molecule is CCCC.CCCCOC(=O)OC(N)=S.NC(O)=S. The molecule has 0 saturated heterocycles. The molecule has 0 rings (SSSR count). The molecule has 0 fully saturated rings. The second kappa shape index (κ2) is 19.2. The Morgan fingerprint density at radius 2 is 1.53 bits per heavy atom. The van der Waals surface area contributed by atoms with Gasteiger partial charge >= 0.3 is 6.16 Å². The molecule has 0 aromatic carbocycles. The number of hydrogen-bond acceptors (Lipinski definition) is 5. The molecular weight excluding hydrogens is 288 g/mol. The molecule has 0 saturated carbocycles. The molecule has 6 nitrogen and oxygen atoms in total. The Bertz CT molecular complexity index is 245. The quantitative estimate of drug-likeness (QED) is 0.413. The number of rotatable bonds is 4. The van der Waals surface area contributed by atoms with Crippen LogP contribution in [0, 0.1) is 0 Å². The highest BCUT2D eigenvalue weighted by Crippen LogP contribution is 1.90. The van der Waals surface area contributed by atoms with Gasteiger partial charge in [0.15, 0.2) is 0 Å². The fourth-order valence-corrected chi connectivity index (χ4v) is 0.479. The molecule has 0 bridgehead atoms. The third-order valence-electron chi connectivity index (χ3n) is 1.40. The first-order chi connectivity index (χ1) is 8.81.